The third kappa shape index (κ3) is 4.19. The van der Waals surface area contributed by atoms with Gasteiger partial charge in [-0.25, -0.2) is 0 Å². The van der Waals surface area contributed by atoms with Crippen molar-refractivity contribution < 1.29 is 4.79 Å². The van der Waals surface area contributed by atoms with Gasteiger partial charge >= 0.3 is 0 Å². The first kappa shape index (κ1) is 15.8. The second kappa shape index (κ2) is 6.90. The zero-order valence-electron chi connectivity index (χ0n) is 13.3. The van der Waals surface area contributed by atoms with Gasteiger partial charge in [-0.3, -0.25) is 9.69 Å². The molecule has 0 aromatic rings. The summed E-state index contributed by atoms with van der Waals surface area (Å²) in [4.78, 5) is 17.2. The minimum atomic E-state index is 0.172. The van der Waals surface area contributed by atoms with Gasteiger partial charge in [-0.15, -0.1) is 0 Å². The third-order valence-electron chi connectivity index (χ3n) is 4.64. The first-order valence-electron chi connectivity index (χ1n) is 8.22. The summed E-state index contributed by atoms with van der Waals surface area (Å²) in [5.74, 6) is 1.82. The maximum absolute atomic E-state index is 12.6. The van der Waals surface area contributed by atoms with E-state index in [4.69, 9.17) is 5.73 Å². The summed E-state index contributed by atoms with van der Waals surface area (Å²) >= 11 is 0. The van der Waals surface area contributed by atoms with Gasteiger partial charge in [0.25, 0.3) is 0 Å². The predicted molar refractivity (Wildman–Crippen MR) is 82.3 cm³/mol. The molecule has 1 amide bonds. The Morgan fingerprint density at radius 1 is 1.15 bits per heavy atom. The van der Waals surface area contributed by atoms with Crippen LogP contribution in [-0.4, -0.2) is 54.5 Å². The van der Waals surface area contributed by atoms with E-state index < -0.39 is 0 Å². The lowest BCUT2D eigenvalue weighted by Gasteiger charge is -2.39. The number of amides is 1. The van der Waals surface area contributed by atoms with Gasteiger partial charge in [0.1, 0.15) is 0 Å². The van der Waals surface area contributed by atoms with E-state index in [0.29, 0.717) is 17.7 Å². The molecular weight excluding hydrogens is 250 g/mol. The molecule has 0 aromatic heterocycles. The van der Waals surface area contributed by atoms with E-state index >= 15 is 0 Å². The lowest BCUT2D eigenvalue weighted by Crippen LogP contribution is -2.52. The van der Waals surface area contributed by atoms with Crippen molar-refractivity contribution in [3.8, 4) is 0 Å². The minimum absolute atomic E-state index is 0.172. The zero-order chi connectivity index (χ0) is 14.7. The first-order chi connectivity index (χ1) is 9.45. The largest absolute Gasteiger partial charge is 0.340 e. The van der Waals surface area contributed by atoms with Crippen molar-refractivity contribution in [1.82, 2.24) is 9.80 Å². The van der Waals surface area contributed by atoms with E-state index in [1.807, 2.05) is 0 Å². The minimum Gasteiger partial charge on any atom is -0.340 e. The molecule has 0 spiro atoms. The van der Waals surface area contributed by atoms with Crippen LogP contribution in [-0.2, 0) is 4.79 Å². The molecule has 4 heteroatoms. The van der Waals surface area contributed by atoms with E-state index in [-0.39, 0.29) is 12.0 Å². The molecule has 0 aromatic carbocycles. The summed E-state index contributed by atoms with van der Waals surface area (Å²) in [6.07, 6.45) is 2.99. The molecule has 116 valence electrons. The van der Waals surface area contributed by atoms with Gasteiger partial charge in [0.05, 0.1) is 0 Å². The maximum atomic E-state index is 12.6. The van der Waals surface area contributed by atoms with Gasteiger partial charge < -0.3 is 10.6 Å². The van der Waals surface area contributed by atoms with Crippen molar-refractivity contribution in [3.05, 3.63) is 0 Å². The molecule has 1 saturated carbocycles. The van der Waals surface area contributed by atoms with Gasteiger partial charge in [-0.1, -0.05) is 20.8 Å². The molecule has 4 nitrogen and oxygen atoms in total. The topological polar surface area (TPSA) is 49.6 Å². The number of piperazine rings is 1. The number of rotatable bonds is 3. The van der Waals surface area contributed by atoms with Crippen LogP contribution in [0.15, 0.2) is 0 Å². The fraction of sp³-hybridized carbons (Fsp3) is 0.938. The Labute approximate surface area is 123 Å². The Hall–Kier alpha value is -0.610. The van der Waals surface area contributed by atoms with Crippen molar-refractivity contribution in [2.75, 3.05) is 32.7 Å². The zero-order valence-corrected chi connectivity index (χ0v) is 13.3. The molecular formula is C16H31N3O. The highest BCUT2D eigenvalue weighted by Gasteiger charge is 2.33. The van der Waals surface area contributed by atoms with Crippen LogP contribution in [0.1, 0.15) is 40.0 Å². The van der Waals surface area contributed by atoms with Crippen LogP contribution in [0.4, 0.5) is 0 Å². The normalized spacial score (nSPS) is 32.6. The number of hydrogen-bond acceptors (Lipinski definition) is 3. The lowest BCUT2D eigenvalue weighted by atomic mass is 9.79. The molecule has 2 aliphatic rings. The van der Waals surface area contributed by atoms with Crippen LogP contribution in [0.3, 0.4) is 0 Å². The summed E-state index contributed by atoms with van der Waals surface area (Å²) in [5.41, 5.74) is 6.08. The second-order valence-electron chi connectivity index (χ2n) is 7.29. The Morgan fingerprint density at radius 2 is 1.80 bits per heavy atom. The fourth-order valence-corrected chi connectivity index (χ4v) is 3.78. The fourth-order valence-electron chi connectivity index (χ4n) is 3.78. The monoisotopic (exact) mass is 281 g/mol. The molecule has 2 N–H and O–H groups in total. The Kier molecular flexibility index (Phi) is 5.44. The van der Waals surface area contributed by atoms with Crippen molar-refractivity contribution in [3.63, 3.8) is 0 Å². The molecule has 0 radical (unpaired) electrons. The van der Waals surface area contributed by atoms with Crippen molar-refractivity contribution in [2.45, 2.75) is 46.1 Å². The summed E-state index contributed by atoms with van der Waals surface area (Å²) in [6, 6.07) is 0.218. The van der Waals surface area contributed by atoms with Crippen LogP contribution >= 0.6 is 0 Å². The Bertz CT molecular complexity index is 314. The van der Waals surface area contributed by atoms with E-state index in [9.17, 15) is 4.79 Å². The van der Waals surface area contributed by atoms with Crippen LogP contribution in [0.5, 0.6) is 0 Å². The van der Waals surface area contributed by atoms with Crippen LogP contribution in [0, 0.1) is 17.8 Å². The van der Waals surface area contributed by atoms with Gasteiger partial charge in [-0.2, -0.15) is 0 Å². The number of nitrogens with two attached hydrogens (primary N) is 1. The number of hydrogen-bond donors (Lipinski definition) is 1. The van der Waals surface area contributed by atoms with Gasteiger partial charge in [0, 0.05) is 44.7 Å². The smallest absolute Gasteiger partial charge is 0.225 e. The van der Waals surface area contributed by atoms with Crippen molar-refractivity contribution in [2.24, 2.45) is 23.5 Å². The standard InChI is InChI=1S/C16H31N3O/c1-12(2)11-18-4-6-19(7-5-18)16(20)14-8-13(3)9-15(17)10-14/h12-15H,4-11,17H2,1-3H3. The molecule has 2 rings (SSSR count). The molecule has 1 saturated heterocycles. The molecule has 1 heterocycles. The maximum Gasteiger partial charge on any atom is 0.225 e. The van der Waals surface area contributed by atoms with Crippen molar-refractivity contribution >= 4 is 5.91 Å². The molecule has 3 atom stereocenters. The van der Waals surface area contributed by atoms with Gasteiger partial charge in [-0.05, 0) is 31.1 Å². The van der Waals surface area contributed by atoms with E-state index in [2.05, 4.69) is 30.6 Å². The summed E-state index contributed by atoms with van der Waals surface area (Å²) < 4.78 is 0. The van der Waals surface area contributed by atoms with E-state index in [0.717, 1.165) is 52.0 Å². The average Bonchev–Trinajstić information content (AvgIpc) is 2.37. The van der Waals surface area contributed by atoms with E-state index in [1.165, 1.54) is 0 Å². The van der Waals surface area contributed by atoms with Crippen molar-refractivity contribution in [1.29, 1.82) is 0 Å². The Morgan fingerprint density at radius 3 is 2.35 bits per heavy atom. The predicted octanol–water partition coefficient (Wildman–Crippen LogP) is 1.55. The molecule has 1 aliphatic heterocycles. The molecule has 0 bridgehead atoms. The highest BCUT2D eigenvalue weighted by Crippen LogP contribution is 2.29. The van der Waals surface area contributed by atoms with Gasteiger partial charge in [0.15, 0.2) is 0 Å². The number of nitrogens with zero attached hydrogens (tertiary/aromatic N) is 2. The summed E-state index contributed by atoms with van der Waals surface area (Å²) in [5, 5.41) is 0. The third-order valence-corrected chi connectivity index (χ3v) is 4.64. The number of carbonyl (C=O) groups excluding carboxylic acids is 1. The molecule has 3 unspecified atom stereocenters. The first-order valence-corrected chi connectivity index (χ1v) is 8.22. The second-order valence-corrected chi connectivity index (χ2v) is 7.29. The number of carbonyl (C=O) groups is 1. The molecule has 1 aliphatic carbocycles. The van der Waals surface area contributed by atoms with Crippen LogP contribution in [0.25, 0.3) is 0 Å². The highest BCUT2D eigenvalue weighted by atomic mass is 16.2. The lowest BCUT2D eigenvalue weighted by molar-refractivity contribution is -0.139. The van der Waals surface area contributed by atoms with Gasteiger partial charge in [0.2, 0.25) is 5.91 Å². The summed E-state index contributed by atoms with van der Waals surface area (Å²) in [7, 11) is 0. The molecule has 2 fully saturated rings. The Balaban J connectivity index is 1.82. The average molecular weight is 281 g/mol. The van der Waals surface area contributed by atoms with E-state index in [1.54, 1.807) is 0 Å². The summed E-state index contributed by atoms with van der Waals surface area (Å²) in [6.45, 7) is 11.7. The van der Waals surface area contributed by atoms with Crippen LogP contribution < -0.4 is 5.73 Å². The molecule has 20 heavy (non-hydrogen) atoms. The van der Waals surface area contributed by atoms with Crippen LogP contribution in [0.2, 0.25) is 0 Å². The quantitative estimate of drug-likeness (QED) is 0.854. The SMILES string of the molecule is CC(C)CN1CCN(C(=O)C2CC(C)CC(N)C2)CC1. The highest BCUT2D eigenvalue weighted by molar-refractivity contribution is 5.79.